The van der Waals surface area contributed by atoms with Gasteiger partial charge in [-0.1, -0.05) is 26.0 Å². The second kappa shape index (κ2) is 8.63. The first kappa shape index (κ1) is 19.5. The lowest BCUT2D eigenvalue weighted by Gasteiger charge is -2.27. The molecule has 7 nitrogen and oxygen atoms in total. The van der Waals surface area contributed by atoms with Gasteiger partial charge in [-0.2, -0.15) is 0 Å². The quantitative estimate of drug-likeness (QED) is 0.738. The number of ether oxygens (including phenoxy) is 2. The van der Waals surface area contributed by atoms with Crippen LogP contribution in [0.15, 0.2) is 24.3 Å². The molecule has 3 rings (SSSR count). The molecule has 0 aliphatic carbocycles. The predicted molar refractivity (Wildman–Crippen MR) is 98.1 cm³/mol. The van der Waals surface area contributed by atoms with E-state index >= 15 is 0 Å². The van der Waals surface area contributed by atoms with Crippen LogP contribution in [0.5, 0.6) is 0 Å². The van der Waals surface area contributed by atoms with Gasteiger partial charge in [0.15, 0.2) is 6.29 Å². The van der Waals surface area contributed by atoms with Crippen molar-refractivity contribution in [2.24, 2.45) is 5.92 Å². The minimum atomic E-state index is -0.828. The summed E-state index contributed by atoms with van der Waals surface area (Å²) in [5, 5.41) is 2.84. The van der Waals surface area contributed by atoms with E-state index in [1.165, 1.54) is 0 Å². The number of fused-ring (bicyclic) bond motifs is 1. The molecule has 0 saturated carbocycles. The third-order valence-electron chi connectivity index (χ3n) is 4.71. The smallest absolute Gasteiger partial charge is 0.262 e. The molecule has 7 heteroatoms. The molecule has 1 unspecified atom stereocenters. The number of carbonyl (C=O) groups excluding carboxylic acids is 3. The Labute approximate surface area is 159 Å². The predicted octanol–water partition coefficient (Wildman–Crippen LogP) is 1.97. The lowest BCUT2D eigenvalue weighted by Crippen LogP contribution is -2.50. The molecule has 2 heterocycles. The van der Waals surface area contributed by atoms with Crippen molar-refractivity contribution >= 4 is 17.7 Å². The number of nitrogens with one attached hydrogen (secondary N) is 1. The van der Waals surface area contributed by atoms with Gasteiger partial charge in [-0.05, 0) is 30.9 Å². The SMILES string of the molecule is CC(C)CC(C(=O)NCCC1OCCCO1)N1C(=O)c2ccccc2C1=O. The van der Waals surface area contributed by atoms with Crippen molar-refractivity contribution in [3.8, 4) is 0 Å². The van der Waals surface area contributed by atoms with Crippen LogP contribution in [0.3, 0.4) is 0 Å². The molecular formula is C20H26N2O5. The summed E-state index contributed by atoms with van der Waals surface area (Å²) in [5.41, 5.74) is 0.709. The minimum absolute atomic E-state index is 0.148. The summed E-state index contributed by atoms with van der Waals surface area (Å²) in [6, 6.07) is 5.85. The average Bonchev–Trinajstić information content (AvgIpc) is 2.91. The molecule has 1 atom stereocenters. The first-order valence-corrected chi connectivity index (χ1v) is 9.47. The van der Waals surface area contributed by atoms with Gasteiger partial charge in [0.2, 0.25) is 5.91 Å². The van der Waals surface area contributed by atoms with Crippen LogP contribution >= 0.6 is 0 Å². The molecule has 1 aromatic carbocycles. The third kappa shape index (κ3) is 4.36. The number of carbonyl (C=O) groups is 3. The highest BCUT2D eigenvalue weighted by Gasteiger charge is 2.42. The number of hydrogen-bond acceptors (Lipinski definition) is 5. The fourth-order valence-electron chi connectivity index (χ4n) is 3.40. The van der Waals surface area contributed by atoms with E-state index in [0.29, 0.717) is 43.7 Å². The Kier molecular flexibility index (Phi) is 6.23. The van der Waals surface area contributed by atoms with Crippen molar-refractivity contribution in [3.05, 3.63) is 35.4 Å². The number of amides is 3. The van der Waals surface area contributed by atoms with Gasteiger partial charge in [-0.25, -0.2) is 0 Å². The zero-order chi connectivity index (χ0) is 19.4. The van der Waals surface area contributed by atoms with Crippen LogP contribution in [0.25, 0.3) is 0 Å². The largest absolute Gasteiger partial charge is 0.354 e. The Hall–Kier alpha value is -2.25. The number of benzene rings is 1. The summed E-state index contributed by atoms with van der Waals surface area (Å²) < 4.78 is 10.9. The zero-order valence-corrected chi connectivity index (χ0v) is 15.8. The maximum absolute atomic E-state index is 12.8. The molecule has 0 aromatic heterocycles. The van der Waals surface area contributed by atoms with Gasteiger partial charge in [0, 0.05) is 13.0 Å². The fourth-order valence-corrected chi connectivity index (χ4v) is 3.40. The van der Waals surface area contributed by atoms with Crippen LogP contribution in [-0.4, -0.2) is 54.7 Å². The Morgan fingerprint density at radius 2 is 1.74 bits per heavy atom. The number of nitrogens with zero attached hydrogens (tertiary/aromatic N) is 1. The van der Waals surface area contributed by atoms with Crippen LogP contribution in [0.1, 0.15) is 53.8 Å². The van der Waals surface area contributed by atoms with Crippen molar-refractivity contribution in [2.75, 3.05) is 19.8 Å². The highest BCUT2D eigenvalue weighted by atomic mass is 16.7. The van der Waals surface area contributed by atoms with E-state index in [1.807, 2.05) is 13.8 Å². The van der Waals surface area contributed by atoms with Crippen molar-refractivity contribution in [1.29, 1.82) is 0 Å². The van der Waals surface area contributed by atoms with Crippen molar-refractivity contribution in [3.63, 3.8) is 0 Å². The van der Waals surface area contributed by atoms with Gasteiger partial charge < -0.3 is 14.8 Å². The van der Waals surface area contributed by atoms with Crippen LogP contribution in [0.2, 0.25) is 0 Å². The fraction of sp³-hybridized carbons (Fsp3) is 0.550. The lowest BCUT2D eigenvalue weighted by molar-refractivity contribution is -0.180. The summed E-state index contributed by atoms with van der Waals surface area (Å²) in [5.74, 6) is -0.991. The molecule has 1 aromatic rings. The van der Waals surface area contributed by atoms with Gasteiger partial charge in [-0.3, -0.25) is 19.3 Å². The summed E-state index contributed by atoms with van der Waals surface area (Å²) in [6.45, 7) is 5.60. The van der Waals surface area contributed by atoms with Crippen LogP contribution in [0.4, 0.5) is 0 Å². The molecule has 2 aliphatic heterocycles. The standard InChI is InChI=1S/C20H26N2O5/c1-13(2)12-16(18(23)21-9-8-17-26-10-5-11-27-17)22-19(24)14-6-3-4-7-15(14)20(22)25/h3-4,6-7,13,16-17H,5,8-12H2,1-2H3,(H,21,23). The van der Waals surface area contributed by atoms with Crippen molar-refractivity contribution < 1.29 is 23.9 Å². The lowest BCUT2D eigenvalue weighted by atomic mass is 10.0. The summed E-state index contributed by atoms with van der Waals surface area (Å²) >= 11 is 0. The highest BCUT2D eigenvalue weighted by molar-refractivity contribution is 6.22. The Bertz CT molecular complexity index is 677. The molecule has 3 amide bonds. The molecule has 0 bridgehead atoms. The van der Waals surface area contributed by atoms with Gasteiger partial charge in [0.25, 0.3) is 11.8 Å². The molecular weight excluding hydrogens is 348 g/mol. The molecule has 146 valence electrons. The van der Waals surface area contributed by atoms with E-state index < -0.39 is 17.9 Å². The van der Waals surface area contributed by atoms with E-state index in [1.54, 1.807) is 24.3 Å². The van der Waals surface area contributed by atoms with Crippen LogP contribution < -0.4 is 5.32 Å². The van der Waals surface area contributed by atoms with Crippen molar-refractivity contribution in [2.45, 2.75) is 45.4 Å². The molecule has 1 saturated heterocycles. The van der Waals surface area contributed by atoms with E-state index in [9.17, 15) is 14.4 Å². The second-order valence-corrected chi connectivity index (χ2v) is 7.28. The summed E-state index contributed by atoms with van der Waals surface area (Å²) in [7, 11) is 0. The number of hydrogen-bond donors (Lipinski definition) is 1. The van der Waals surface area contributed by atoms with Gasteiger partial charge in [-0.15, -0.1) is 0 Å². The summed E-state index contributed by atoms with van der Waals surface area (Å²) in [4.78, 5) is 39.4. The zero-order valence-electron chi connectivity index (χ0n) is 15.8. The summed E-state index contributed by atoms with van der Waals surface area (Å²) in [6.07, 6.45) is 1.50. The normalized spacial score (nSPS) is 18.7. The molecule has 2 aliphatic rings. The van der Waals surface area contributed by atoms with Gasteiger partial charge >= 0.3 is 0 Å². The monoisotopic (exact) mass is 374 g/mol. The average molecular weight is 374 g/mol. The minimum Gasteiger partial charge on any atom is -0.354 e. The van der Waals surface area contributed by atoms with Gasteiger partial charge in [0.1, 0.15) is 6.04 Å². The first-order valence-electron chi connectivity index (χ1n) is 9.47. The van der Waals surface area contributed by atoms with E-state index in [4.69, 9.17) is 9.47 Å². The molecule has 0 spiro atoms. The maximum atomic E-state index is 12.8. The topological polar surface area (TPSA) is 84.9 Å². The first-order chi connectivity index (χ1) is 13.0. The van der Waals surface area contributed by atoms with Crippen LogP contribution in [0, 0.1) is 5.92 Å². The molecule has 1 N–H and O–H groups in total. The Morgan fingerprint density at radius 1 is 1.15 bits per heavy atom. The van der Waals surface area contributed by atoms with E-state index in [-0.39, 0.29) is 18.1 Å². The van der Waals surface area contributed by atoms with E-state index in [2.05, 4.69) is 5.32 Å². The van der Waals surface area contributed by atoms with Gasteiger partial charge in [0.05, 0.1) is 24.3 Å². The molecule has 0 radical (unpaired) electrons. The van der Waals surface area contributed by atoms with Crippen molar-refractivity contribution in [1.82, 2.24) is 10.2 Å². The third-order valence-corrected chi connectivity index (χ3v) is 4.71. The molecule has 27 heavy (non-hydrogen) atoms. The Morgan fingerprint density at radius 3 is 2.30 bits per heavy atom. The van der Waals surface area contributed by atoms with Crippen LogP contribution in [-0.2, 0) is 14.3 Å². The Balaban J connectivity index is 1.67. The highest BCUT2D eigenvalue weighted by Crippen LogP contribution is 2.27. The second-order valence-electron chi connectivity index (χ2n) is 7.28. The van der Waals surface area contributed by atoms with E-state index in [0.717, 1.165) is 11.3 Å². The number of imide groups is 1. The molecule has 1 fully saturated rings. The number of rotatable bonds is 7. The maximum Gasteiger partial charge on any atom is 0.262 e.